The minimum absolute atomic E-state index is 0.0653. The van der Waals surface area contributed by atoms with Crippen molar-refractivity contribution in [1.82, 2.24) is 0 Å². The first-order valence-corrected chi connectivity index (χ1v) is 10.3. The van der Waals surface area contributed by atoms with Crippen molar-refractivity contribution in [3.63, 3.8) is 0 Å². The van der Waals surface area contributed by atoms with E-state index in [-0.39, 0.29) is 19.8 Å². The Labute approximate surface area is 151 Å². The van der Waals surface area contributed by atoms with Crippen LogP contribution in [0.3, 0.4) is 0 Å². The van der Waals surface area contributed by atoms with Crippen LogP contribution in [0, 0.1) is 0 Å². The number of benzene rings is 1. The minimum Gasteiger partial charge on any atom is -0.491 e. The third kappa shape index (κ3) is 12.8. The summed E-state index contributed by atoms with van der Waals surface area (Å²) in [4.78, 5) is 0. The third-order valence-corrected chi connectivity index (χ3v) is 4.33. The molecule has 0 amide bonds. The summed E-state index contributed by atoms with van der Waals surface area (Å²) in [7, 11) is -3.93. The highest BCUT2D eigenvalue weighted by molar-refractivity contribution is 7.81. The lowest BCUT2D eigenvalue weighted by molar-refractivity contribution is 0.0722. The summed E-state index contributed by atoms with van der Waals surface area (Å²) in [5.74, 6) is 0.771. The molecule has 0 fully saturated rings. The van der Waals surface area contributed by atoms with Crippen molar-refractivity contribution in [2.75, 3.05) is 33.0 Å². The lowest BCUT2D eigenvalue weighted by Crippen LogP contribution is -2.16. The van der Waals surface area contributed by atoms with Crippen LogP contribution < -0.4 is 4.74 Å². The van der Waals surface area contributed by atoms with Crippen molar-refractivity contribution in [3.05, 3.63) is 30.3 Å². The second kappa shape index (κ2) is 14.1. The maximum absolute atomic E-state index is 11.5. The van der Waals surface area contributed by atoms with Crippen molar-refractivity contribution in [1.29, 1.82) is 0 Å². The standard InChI is InChI=1S/C18H30O6S/c1-2-3-4-5-6-10-13-23-25(19,20)24-17-15-21-14-16-22-18-11-8-7-9-12-18/h7-9,11-12H,2-6,10,13-17H2,1H3. The van der Waals surface area contributed by atoms with Gasteiger partial charge in [0.15, 0.2) is 0 Å². The quantitative estimate of drug-likeness (QED) is 0.411. The van der Waals surface area contributed by atoms with Crippen LogP contribution >= 0.6 is 0 Å². The monoisotopic (exact) mass is 374 g/mol. The smallest absolute Gasteiger partial charge is 0.399 e. The zero-order chi connectivity index (χ0) is 18.2. The van der Waals surface area contributed by atoms with E-state index in [9.17, 15) is 8.42 Å². The van der Waals surface area contributed by atoms with Gasteiger partial charge in [0.25, 0.3) is 0 Å². The highest BCUT2D eigenvalue weighted by Crippen LogP contribution is 2.08. The van der Waals surface area contributed by atoms with E-state index in [1.807, 2.05) is 30.3 Å². The van der Waals surface area contributed by atoms with Crippen molar-refractivity contribution in [2.24, 2.45) is 0 Å². The number of rotatable bonds is 16. The molecule has 0 aromatic heterocycles. The van der Waals surface area contributed by atoms with Gasteiger partial charge in [-0.05, 0) is 18.6 Å². The van der Waals surface area contributed by atoms with Crippen molar-refractivity contribution in [2.45, 2.75) is 45.4 Å². The molecule has 0 aliphatic rings. The first kappa shape index (κ1) is 21.9. The summed E-state index contributed by atoms with van der Waals surface area (Å²) in [5.41, 5.74) is 0. The van der Waals surface area contributed by atoms with E-state index < -0.39 is 10.4 Å². The van der Waals surface area contributed by atoms with E-state index in [1.165, 1.54) is 19.3 Å². The van der Waals surface area contributed by atoms with Gasteiger partial charge in [-0.3, -0.25) is 0 Å². The largest absolute Gasteiger partial charge is 0.491 e. The first-order chi connectivity index (χ1) is 12.1. The molecule has 0 aliphatic carbocycles. The van der Waals surface area contributed by atoms with Gasteiger partial charge in [0.1, 0.15) is 12.4 Å². The molecular weight excluding hydrogens is 344 g/mol. The van der Waals surface area contributed by atoms with Crippen LogP contribution in [0.2, 0.25) is 0 Å². The number of unbranched alkanes of at least 4 members (excludes halogenated alkanes) is 5. The number of hydrogen-bond donors (Lipinski definition) is 0. The van der Waals surface area contributed by atoms with E-state index in [4.69, 9.17) is 17.8 Å². The van der Waals surface area contributed by atoms with E-state index in [0.717, 1.165) is 25.0 Å². The lowest BCUT2D eigenvalue weighted by atomic mass is 10.1. The van der Waals surface area contributed by atoms with Gasteiger partial charge >= 0.3 is 10.4 Å². The van der Waals surface area contributed by atoms with Crippen LogP contribution in [-0.4, -0.2) is 41.5 Å². The van der Waals surface area contributed by atoms with Crippen LogP contribution in [0.5, 0.6) is 5.75 Å². The SMILES string of the molecule is CCCCCCCCOS(=O)(=O)OCCOCCOc1ccccc1. The highest BCUT2D eigenvalue weighted by Gasteiger charge is 2.11. The normalized spacial score (nSPS) is 11.6. The molecule has 1 aromatic carbocycles. The Kier molecular flexibility index (Phi) is 12.3. The number of para-hydroxylation sites is 1. The second-order valence-corrected chi connectivity index (χ2v) is 6.88. The molecule has 144 valence electrons. The van der Waals surface area contributed by atoms with Crippen molar-refractivity contribution >= 4 is 10.4 Å². The van der Waals surface area contributed by atoms with E-state index >= 15 is 0 Å². The molecular formula is C18H30O6S. The van der Waals surface area contributed by atoms with E-state index in [0.29, 0.717) is 13.2 Å². The van der Waals surface area contributed by atoms with Gasteiger partial charge in [0, 0.05) is 0 Å². The summed E-state index contributed by atoms with van der Waals surface area (Å²) in [6.45, 7) is 3.18. The predicted molar refractivity (Wildman–Crippen MR) is 97.0 cm³/mol. The summed E-state index contributed by atoms with van der Waals surface area (Å²) in [6, 6.07) is 9.41. The highest BCUT2D eigenvalue weighted by atomic mass is 32.3. The molecule has 0 saturated carbocycles. The molecule has 6 nitrogen and oxygen atoms in total. The average molecular weight is 374 g/mol. The van der Waals surface area contributed by atoms with Crippen LogP contribution in [-0.2, 0) is 23.5 Å². The fourth-order valence-corrected chi connectivity index (χ4v) is 2.77. The molecule has 1 rings (SSSR count). The van der Waals surface area contributed by atoms with Gasteiger partial charge < -0.3 is 9.47 Å². The summed E-state index contributed by atoms with van der Waals surface area (Å²) in [5, 5.41) is 0. The van der Waals surface area contributed by atoms with Crippen molar-refractivity contribution in [3.8, 4) is 5.75 Å². The van der Waals surface area contributed by atoms with Gasteiger partial charge in [-0.25, -0.2) is 8.37 Å². The number of ether oxygens (including phenoxy) is 2. The molecule has 0 bridgehead atoms. The maximum Gasteiger partial charge on any atom is 0.399 e. The zero-order valence-electron chi connectivity index (χ0n) is 15.0. The Morgan fingerprint density at radius 1 is 0.760 bits per heavy atom. The van der Waals surface area contributed by atoms with Crippen LogP contribution in [0.4, 0.5) is 0 Å². The van der Waals surface area contributed by atoms with Gasteiger partial charge in [-0.1, -0.05) is 57.2 Å². The van der Waals surface area contributed by atoms with E-state index in [2.05, 4.69) is 6.92 Å². The fraction of sp³-hybridized carbons (Fsp3) is 0.667. The van der Waals surface area contributed by atoms with Crippen LogP contribution in [0.1, 0.15) is 45.4 Å². The molecule has 0 atom stereocenters. The summed E-state index contributed by atoms with van der Waals surface area (Å²) < 4.78 is 43.3. The van der Waals surface area contributed by atoms with Gasteiger partial charge in [-0.15, -0.1) is 0 Å². The summed E-state index contributed by atoms with van der Waals surface area (Å²) in [6.07, 6.45) is 6.40. The minimum atomic E-state index is -3.93. The van der Waals surface area contributed by atoms with Gasteiger partial charge in [-0.2, -0.15) is 8.42 Å². The average Bonchev–Trinajstić information content (AvgIpc) is 2.61. The van der Waals surface area contributed by atoms with E-state index in [1.54, 1.807) is 0 Å². The van der Waals surface area contributed by atoms with Crippen LogP contribution in [0.15, 0.2) is 30.3 Å². The Morgan fingerprint density at radius 2 is 1.40 bits per heavy atom. The Morgan fingerprint density at radius 3 is 2.16 bits per heavy atom. The molecule has 25 heavy (non-hydrogen) atoms. The first-order valence-electron chi connectivity index (χ1n) is 8.93. The molecule has 0 aliphatic heterocycles. The summed E-state index contributed by atoms with van der Waals surface area (Å²) >= 11 is 0. The fourth-order valence-electron chi connectivity index (χ4n) is 2.11. The Hall–Kier alpha value is -1.15. The van der Waals surface area contributed by atoms with Crippen molar-refractivity contribution < 1.29 is 26.3 Å². The topological polar surface area (TPSA) is 71.1 Å². The van der Waals surface area contributed by atoms with Gasteiger partial charge in [0.05, 0.1) is 26.4 Å². The predicted octanol–water partition coefficient (Wildman–Crippen LogP) is 3.72. The molecule has 0 unspecified atom stereocenters. The molecule has 0 N–H and O–H groups in total. The second-order valence-electron chi connectivity index (χ2n) is 5.59. The molecule has 0 saturated heterocycles. The molecule has 0 heterocycles. The molecule has 0 radical (unpaired) electrons. The van der Waals surface area contributed by atoms with Crippen LogP contribution in [0.25, 0.3) is 0 Å². The number of hydrogen-bond acceptors (Lipinski definition) is 6. The maximum atomic E-state index is 11.5. The lowest BCUT2D eigenvalue weighted by Gasteiger charge is -2.08. The third-order valence-electron chi connectivity index (χ3n) is 3.42. The zero-order valence-corrected chi connectivity index (χ0v) is 15.8. The molecule has 0 spiro atoms. The molecule has 7 heteroatoms. The Balaban J connectivity index is 1.93. The Bertz CT molecular complexity index is 518. The molecule has 1 aromatic rings. The van der Waals surface area contributed by atoms with Gasteiger partial charge in [0.2, 0.25) is 0 Å².